The maximum absolute atomic E-state index is 12.5. The van der Waals surface area contributed by atoms with Crippen LogP contribution < -0.4 is 4.74 Å². The van der Waals surface area contributed by atoms with Gasteiger partial charge in [0.2, 0.25) is 0 Å². The largest absolute Gasteiger partial charge is 0.481 e. The van der Waals surface area contributed by atoms with Gasteiger partial charge in [-0.2, -0.15) is 0 Å². The molecule has 1 aliphatic heterocycles. The maximum atomic E-state index is 12.5. The second-order valence-electron chi connectivity index (χ2n) is 6.16. The SMILES string of the molecule is CC(Oc1cccc(CO)c1)C(=O)N1CCN(C2CC2)CC1. The van der Waals surface area contributed by atoms with Gasteiger partial charge in [-0.3, -0.25) is 9.69 Å². The first kappa shape index (κ1) is 15.3. The standard InChI is InChI=1S/C17H24N2O3/c1-13(22-16-4-2-3-14(11-16)12-20)17(21)19-9-7-18(8-10-19)15-5-6-15/h2-4,11,13,15,20H,5-10,12H2,1H3. The van der Waals surface area contributed by atoms with Crippen LogP contribution in [0.15, 0.2) is 24.3 Å². The zero-order valence-corrected chi connectivity index (χ0v) is 13.1. The average molecular weight is 304 g/mol. The molecule has 1 aromatic rings. The summed E-state index contributed by atoms with van der Waals surface area (Å²) < 4.78 is 5.74. The summed E-state index contributed by atoms with van der Waals surface area (Å²) in [7, 11) is 0. The number of carbonyl (C=O) groups excluding carboxylic acids is 1. The lowest BCUT2D eigenvalue weighted by Crippen LogP contribution is -2.52. The summed E-state index contributed by atoms with van der Waals surface area (Å²) in [6, 6.07) is 8.01. The van der Waals surface area contributed by atoms with E-state index in [-0.39, 0.29) is 12.5 Å². The van der Waals surface area contributed by atoms with Crippen LogP contribution in [0.1, 0.15) is 25.3 Å². The van der Waals surface area contributed by atoms with Crippen molar-refractivity contribution in [3.63, 3.8) is 0 Å². The average Bonchev–Trinajstić information content (AvgIpc) is 3.39. The minimum absolute atomic E-state index is 0.0251. The third-order valence-electron chi connectivity index (χ3n) is 4.43. The molecule has 3 rings (SSSR count). The summed E-state index contributed by atoms with van der Waals surface area (Å²) in [6.45, 7) is 5.30. The van der Waals surface area contributed by atoms with E-state index in [1.54, 1.807) is 13.0 Å². The highest BCUT2D eigenvalue weighted by molar-refractivity contribution is 5.81. The lowest BCUT2D eigenvalue weighted by molar-refractivity contribution is -0.139. The van der Waals surface area contributed by atoms with Crippen LogP contribution in [0.25, 0.3) is 0 Å². The molecule has 22 heavy (non-hydrogen) atoms. The van der Waals surface area contributed by atoms with E-state index in [1.165, 1.54) is 12.8 Å². The molecular weight excluding hydrogens is 280 g/mol. The number of hydrogen-bond acceptors (Lipinski definition) is 4. The van der Waals surface area contributed by atoms with Crippen LogP contribution in [0.2, 0.25) is 0 Å². The van der Waals surface area contributed by atoms with Crippen LogP contribution in [0, 0.1) is 0 Å². The monoisotopic (exact) mass is 304 g/mol. The Hall–Kier alpha value is -1.59. The highest BCUT2D eigenvalue weighted by Gasteiger charge is 2.33. The third-order valence-corrected chi connectivity index (χ3v) is 4.43. The van der Waals surface area contributed by atoms with E-state index in [0.29, 0.717) is 5.75 Å². The highest BCUT2D eigenvalue weighted by Crippen LogP contribution is 2.27. The van der Waals surface area contributed by atoms with E-state index in [9.17, 15) is 4.79 Å². The third kappa shape index (κ3) is 3.59. The number of aliphatic hydroxyl groups excluding tert-OH is 1. The van der Waals surface area contributed by atoms with Crippen molar-refractivity contribution in [2.24, 2.45) is 0 Å². The van der Waals surface area contributed by atoms with Gasteiger partial charge >= 0.3 is 0 Å². The predicted octanol–water partition coefficient (Wildman–Crippen LogP) is 1.25. The van der Waals surface area contributed by atoms with Gasteiger partial charge in [-0.15, -0.1) is 0 Å². The van der Waals surface area contributed by atoms with Gasteiger partial charge in [0.05, 0.1) is 6.61 Å². The second kappa shape index (κ2) is 6.67. The molecule has 0 radical (unpaired) electrons. The molecule has 2 aliphatic rings. The topological polar surface area (TPSA) is 53.0 Å². The van der Waals surface area contributed by atoms with Gasteiger partial charge in [0.15, 0.2) is 6.10 Å². The van der Waals surface area contributed by atoms with E-state index >= 15 is 0 Å². The number of carbonyl (C=O) groups is 1. The number of nitrogens with zero attached hydrogens (tertiary/aromatic N) is 2. The molecule has 1 saturated carbocycles. The van der Waals surface area contributed by atoms with Gasteiger partial charge in [-0.1, -0.05) is 12.1 Å². The van der Waals surface area contributed by atoms with Crippen LogP contribution in [0.3, 0.4) is 0 Å². The van der Waals surface area contributed by atoms with Gasteiger partial charge in [0.1, 0.15) is 5.75 Å². The Morgan fingerprint density at radius 2 is 2.05 bits per heavy atom. The van der Waals surface area contributed by atoms with Gasteiger partial charge in [-0.25, -0.2) is 0 Å². The zero-order chi connectivity index (χ0) is 15.5. The normalized spacial score (nSPS) is 20.7. The molecule has 5 heteroatoms. The van der Waals surface area contributed by atoms with E-state index in [4.69, 9.17) is 9.84 Å². The predicted molar refractivity (Wildman–Crippen MR) is 83.6 cm³/mol. The molecule has 1 aliphatic carbocycles. The van der Waals surface area contributed by atoms with E-state index in [2.05, 4.69) is 4.90 Å². The molecule has 0 aromatic heterocycles. The van der Waals surface area contributed by atoms with Gasteiger partial charge < -0.3 is 14.7 Å². The number of aliphatic hydroxyl groups is 1. The fourth-order valence-corrected chi connectivity index (χ4v) is 2.98. The maximum Gasteiger partial charge on any atom is 0.263 e. The second-order valence-corrected chi connectivity index (χ2v) is 6.16. The molecule has 1 saturated heterocycles. The van der Waals surface area contributed by atoms with Gasteiger partial charge in [0.25, 0.3) is 5.91 Å². The minimum Gasteiger partial charge on any atom is -0.481 e. The molecule has 1 unspecified atom stereocenters. The Bertz CT molecular complexity index is 522. The smallest absolute Gasteiger partial charge is 0.263 e. The summed E-state index contributed by atoms with van der Waals surface area (Å²) in [6.07, 6.45) is 2.13. The number of piperazine rings is 1. The molecule has 1 amide bonds. The van der Waals surface area contributed by atoms with Crippen molar-refractivity contribution in [3.8, 4) is 5.75 Å². The first-order valence-electron chi connectivity index (χ1n) is 8.06. The Labute approximate surface area is 131 Å². The molecule has 5 nitrogen and oxygen atoms in total. The number of ether oxygens (including phenoxy) is 1. The number of rotatable bonds is 5. The quantitative estimate of drug-likeness (QED) is 0.889. The number of benzene rings is 1. The van der Waals surface area contributed by atoms with Crippen molar-refractivity contribution in [3.05, 3.63) is 29.8 Å². The molecule has 0 spiro atoms. The summed E-state index contributed by atoms with van der Waals surface area (Å²) in [4.78, 5) is 16.9. The molecule has 2 fully saturated rings. The van der Waals surface area contributed by atoms with E-state index in [1.807, 2.05) is 23.1 Å². The molecule has 1 aromatic carbocycles. The number of hydrogen-bond donors (Lipinski definition) is 1. The van der Waals surface area contributed by atoms with Gasteiger partial charge in [0, 0.05) is 32.2 Å². The zero-order valence-electron chi connectivity index (χ0n) is 13.1. The van der Waals surface area contributed by atoms with Crippen molar-refractivity contribution in [1.82, 2.24) is 9.80 Å². The fraction of sp³-hybridized carbons (Fsp3) is 0.588. The lowest BCUT2D eigenvalue weighted by atomic mass is 10.2. The van der Waals surface area contributed by atoms with E-state index in [0.717, 1.165) is 37.8 Å². The van der Waals surface area contributed by atoms with Crippen molar-refractivity contribution in [2.75, 3.05) is 26.2 Å². The van der Waals surface area contributed by atoms with Crippen LogP contribution in [-0.2, 0) is 11.4 Å². The van der Waals surface area contributed by atoms with Crippen molar-refractivity contribution in [2.45, 2.75) is 38.5 Å². The highest BCUT2D eigenvalue weighted by atomic mass is 16.5. The molecule has 1 atom stereocenters. The Morgan fingerprint density at radius 3 is 2.68 bits per heavy atom. The summed E-state index contributed by atoms with van der Waals surface area (Å²) in [5, 5.41) is 9.15. The van der Waals surface area contributed by atoms with Crippen LogP contribution in [-0.4, -0.2) is 59.1 Å². The van der Waals surface area contributed by atoms with Crippen LogP contribution in [0.4, 0.5) is 0 Å². The molecule has 1 N–H and O–H groups in total. The van der Waals surface area contributed by atoms with Gasteiger partial charge in [-0.05, 0) is 37.5 Å². The summed E-state index contributed by atoms with van der Waals surface area (Å²) in [5.74, 6) is 0.675. The van der Waals surface area contributed by atoms with Crippen LogP contribution in [0.5, 0.6) is 5.75 Å². The van der Waals surface area contributed by atoms with Crippen LogP contribution >= 0.6 is 0 Å². The first-order chi connectivity index (χ1) is 10.7. The molecule has 0 bridgehead atoms. The summed E-state index contributed by atoms with van der Waals surface area (Å²) in [5.41, 5.74) is 0.787. The minimum atomic E-state index is -0.499. The molecule has 1 heterocycles. The first-order valence-corrected chi connectivity index (χ1v) is 8.06. The fourth-order valence-electron chi connectivity index (χ4n) is 2.98. The summed E-state index contributed by atoms with van der Waals surface area (Å²) >= 11 is 0. The Morgan fingerprint density at radius 1 is 1.32 bits per heavy atom. The molecular formula is C17H24N2O3. The van der Waals surface area contributed by atoms with Crippen molar-refractivity contribution < 1.29 is 14.6 Å². The lowest BCUT2D eigenvalue weighted by Gasteiger charge is -2.36. The number of amides is 1. The Balaban J connectivity index is 1.52. The molecule has 120 valence electrons. The van der Waals surface area contributed by atoms with Crippen molar-refractivity contribution in [1.29, 1.82) is 0 Å². The van der Waals surface area contributed by atoms with Crippen molar-refractivity contribution >= 4 is 5.91 Å². The van der Waals surface area contributed by atoms with E-state index < -0.39 is 6.10 Å². The Kier molecular flexibility index (Phi) is 4.64.